The van der Waals surface area contributed by atoms with Crippen LogP contribution in [0.1, 0.15) is 45.4 Å². The van der Waals surface area contributed by atoms with Gasteiger partial charge in [0, 0.05) is 45.2 Å². The van der Waals surface area contributed by atoms with Crippen LogP contribution in [0.25, 0.3) is 0 Å². The molecule has 0 aromatic heterocycles. The molecule has 3 saturated heterocycles. The van der Waals surface area contributed by atoms with E-state index in [2.05, 4.69) is 0 Å². The molecule has 7 nitrogen and oxygen atoms in total. The number of likely N-dealkylation sites (tertiary alicyclic amines) is 3. The van der Waals surface area contributed by atoms with E-state index in [0.717, 1.165) is 38.8 Å². The van der Waals surface area contributed by atoms with Gasteiger partial charge in [0.05, 0.1) is 12.5 Å². The first-order chi connectivity index (χ1) is 12.1. The number of piperidine rings is 2. The van der Waals surface area contributed by atoms with Crippen LogP contribution >= 0.6 is 0 Å². The zero-order chi connectivity index (χ0) is 17.8. The van der Waals surface area contributed by atoms with Crippen LogP contribution in [0.3, 0.4) is 0 Å². The maximum atomic E-state index is 12.7. The van der Waals surface area contributed by atoms with Gasteiger partial charge in [0.2, 0.25) is 11.8 Å². The summed E-state index contributed by atoms with van der Waals surface area (Å²) >= 11 is 0. The molecule has 7 heteroatoms. The predicted octanol–water partition coefficient (Wildman–Crippen LogP) is 1.47. The van der Waals surface area contributed by atoms with Crippen LogP contribution in [0.15, 0.2) is 0 Å². The van der Waals surface area contributed by atoms with Crippen molar-refractivity contribution in [2.75, 3.05) is 39.3 Å². The topological polar surface area (TPSA) is 70.2 Å². The zero-order valence-electron chi connectivity index (χ0n) is 15.1. The summed E-state index contributed by atoms with van der Waals surface area (Å²) in [6.45, 7) is 5.61. The zero-order valence-corrected chi connectivity index (χ0v) is 15.1. The minimum Gasteiger partial charge on any atom is -0.450 e. The van der Waals surface area contributed by atoms with Crippen molar-refractivity contribution in [2.45, 2.75) is 51.5 Å². The molecule has 0 aliphatic carbocycles. The number of nitrogens with zero attached hydrogens (tertiary/aromatic N) is 3. The minimum atomic E-state index is -0.271. The Balaban J connectivity index is 1.51. The molecule has 0 aromatic carbocycles. The van der Waals surface area contributed by atoms with Gasteiger partial charge in [0.1, 0.15) is 0 Å². The summed E-state index contributed by atoms with van der Waals surface area (Å²) in [4.78, 5) is 42.4. The summed E-state index contributed by atoms with van der Waals surface area (Å²) < 4.78 is 5.04. The molecule has 0 radical (unpaired) electrons. The fourth-order valence-corrected chi connectivity index (χ4v) is 4.20. The lowest BCUT2D eigenvalue weighted by Crippen LogP contribution is -2.48. The summed E-state index contributed by atoms with van der Waals surface area (Å²) in [6, 6.07) is 0.136. The van der Waals surface area contributed by atoms with Crippen molar-refractivity contribution >= 4 is 17.9 Å². The van der Waals surface area contributed by atoms with E-state index in [1.807, 2.05) is 9.80 Å². The Kier molecular flexibility index (Phi) is 5.81. The molecule has 3 aliphatic heterocycles. The number of hydrogen-bond donors (Lipinski definition) is 0. The molecule has 0 spiro atoms. The van der Waals surface area contributed by atoms with E-state index in [0.29, 0.717) is 32.7 Å². The van der Waals surface area contributed by atoms with E-state index < -0.39 is 0 Å². The average Bonchev–Trinajstić information content (AvgIpc) is 3.04. The van der Waals surface area contributed by atoms with Gasteiger partial charge in [-0.2, -0.15) is 0 Å². The first-order valence-electron chi connectivity index (χ1n) is 9.60. The largest absolute Gasteiger partial charge is 0.450 e. The first-order valence-corrected chi connectivity index (χ1v) is 9.60. The second kappa shape index (κ2) is 8.06. The Morgan fingerprint density at radius 3 is 2.36 bits per heavy atom. The van der Waals surface area contributed by atoms with E-state index in [-0.39, 0.29) is 29.9 Å². The molecular weight excluding hydrogens is 322 g/mol. The number of hydrogen-bond acceptors (Lipinski definition) is 4. The third-order valence-corrected chi connectivity index (χ3v) is 5.61. The van der Waals surface area contributed by atoms with Gasteiger partial charge >= 0.3 is 6.09 Å². The smallest absolute Gasteiger partial charge is 0.409 e. The number of carbonyl (C=O) groups excluding carboxylic acids is 3. The van der Waals surface area contributed by atoms with Crippen molar-refractivity contribution in [1.82, 2.24) is 14.7 Å². The van der Waals surface area contributed by atoms with Crippen LogP contribution in [0.2, 0.25) is 0 Å². The van der Waals surface area contributed by atoms with Gasteiger partial charge in [-0.25, -0.2) is 4.79 Å². The van der Waals surface area contributed by atoms with Crippen molar-refractivity contribution in [3.8, 4) is 0 Å². The number of carbonyl (C=O) groups is 3. The molecule has 0 bridgehead atoms. The molecule has 3 rings (SSSR count). The van der Waals surface area contributed by atoms with Crippen LogP contribution in [0.5, 0.6) is 0 Å². The SMILES string of the molecule is CCOC(=O)N1CCC(N2CC(C(=O)N3CCCCC3)CC2=O)CC1. The molecule has 3 heterocycles. The number of rotatable bonds is 3. The molecule has 25 heavy (non-hydrogen) atoms. The molecule has 3 aliphatic rings. The van der Waals surface area contributed by atoms with Crippen molar-refractivity contribution in [1.29, 1.82) is 0 Å². The summed E-state index contributed by atoms with van der Waals surface area (Å²) in [6.07, 6.45) is 4.92. The van der Waals surface area contributed by atoms with Gasteiger partial charge < -0.3 is 19.4 Å². The predicted molar refractivity (Wildman–Crippen MR) is 91.9 cm³/mol. The summed E-state index contributed by atoms with van der Waals surface area (Å²) in [5.41, 5.74) is 0. The standard InChI is InChI=1S/C18H29N3O4/c1-2-25-18(24)20-10-6-15(7-11-20)21-13-14(12-16(21)22)17(23)19-8-4-3-5-9-19/h14-15H,2-13H2,1H3. The quantitative estimate of drug-likeness (QED) is 0.772. The van der Waals surface area contributed by atoms with E-state index in [9.17, 15) is 14.4 Å². The normalized spacial score (nSPS) is 25.4. The maximum Gasteiger partial charge on any atom is 0.409 e. The van der Waals surface area contributed by atoms with E-state index in [1.54, 1.807) is 11.8 Å². The van der Waals surface area contributed by atoms with Crippen LogP contribution in [-0.2, 0) is 14.3 Å². The summed E-state index contributed by atoms with van der Waals surface area (Å²) in [7, 11) is 0. The summed E-state index contributed by atoms with van der Waals surface area (Å²) in [5.74, 6) is 0.0538. The highest BCUT2D eigenvalue weighted by Crippen LogP contribution is 2.27. The summed E-state index contributed by atoms with van der Waals surface area (Å²) in [5, 5.41) is 0. The van der Waals surface area contributed by atoms with Crippen molar-refractivity contribution in [2.24, 2.45) is 5.92 Å². The second-order valence-electron chi connectivity index (χ2n) is 7.25. The number of amides is 3. The lowest BCUT2D eigenvalue weighted by atomic mass is 10.0. The Morgan fingerprint density at radius 2 is 1.72 bits per heavy atom. The fourth-order valence-electron chi connectivity index (χ4n) is 4.20. The van der Waals surface area contributed by atoms with Gasteiger partial charge in [0.25, 0.3) is 0 Å². The van der Waals surface area contributed by atoms with Crippen LogP contribution in [0.4, 0.5) is 4.79 Å². The molecule has 0 saturated carbocycles. The number of ether oxygens (including phenoxy) is 1. The minimum absolute atomic E-state index is 0.0879. The Morgan fingerprint density at radius 1 is 1.04 bits per heavy atom. The van der Waals surface area contributed by atoms with Gasteiger partial charge in [0.15, 0.2) is 0 Å². The van der Waals surface area contributed by atoms with E-state index in [1.165, 1.54) is 6.42 Å². The molecule has 1 atom stereocenters. The highest BCUT2D eigenvalue weighted by atomic mass is 16.6. The monoisotopic (exact) mass is 351 g/mol. The van der Waals surface area contributed by atoms with Crippen LogP contribution in [-0.4, -0.2) is 78.0 Å². The molecular formula is C18H29N3O4. The van der Waals surface area contributed by atoms with E-state index in [4.69, 9.17) is 4.74 Å². The van der Waals surface area contributed by atoms with Gasteiger partial charge in [-0.3, -0.25) is 9.59 Å². The Bertz CT molecular complexity index is 510. The molecule has 1 unspecified atom stereocenters. The second-order valence-corrected chi connectivity index (χ2v) is 7.25. The van der Waals surface area contributed by atoms with Gasteiger partial charge in [-0.05, 0) is 39.0 Å². The fraction of sp³-hybridized carbons (Fsp3) is 0.833. The molecule has 3 fully saturated rings. The van der Waals surface area contributed by atoms with Gasteiger partial charge in [-0.1, -0.05) is 0 Å². The maximum absolute atomic E-state index is 12.7. The van der Waals surface area contributed by atoms with Crippen molar-refractivity contribution in [3.63, 3.8) is 0 Å². The van der Waals surface area contributed by atoms with Crippen LogP contribution in [0, 0.1) is 5.92 Å². The Labute approximate surface area is 149 Å². The Hall–Kier alpha value is -1.79. The first kappa shape index (κ1) is 18.0. The lowest BCUT2D eigenvalue weighted by molar-refractivity contribution is -0.136. The molecule has 0 N–H and O–H groups in total. The molecule has 3 amide bonds. The molecule has 0 aromatic rings. The lowest BCUT2D eigenvalue weighted by Gasteiger charge is -2.36. The third kappa shape index (κ3) is 4.07. The third-order valence-electron chi connectivity index (χ3n) is 5.61. The highest BCUT2D eigenvalue weighted by molar-refractivity contribution is 5.89. The van der Waals surface area contributed by atoms with Crippen LogP contribution < -0.4 is 0 Å². The van der Waals surface area contributed by atoms with Crippen molar-refractivity contribution in [3.05, 3.63) is 0 Å². The van der Waals surface area contributed by atoms with Gasteiger partial charge in [-0.15, -0.1) is 0 Å². The highest BCUT2D eigenvalue weighted by Gasteiger charge is 2.40. The molecule has 140 valence electrons. The average molecular weight is 351 g/mol. The van der Waals surface area contributed by atoms with Crippen molar-refractivity contribution < 1.29 is 19.1 Å². The van der Waals surface area contributed by atoms with E-state index >= 15 is 0 Å².